The van der Waals surface area contributed by atoms with Gasteiger partial charge in [-0.25, -0.2) is 4.39 Å². The van der Waals surface area contributed by atoms with Crippen LogP contribution in [-0.2, 0) is 5.54 Å². The fourth-order valence-corrected chi connectivity index (χ4v) is 3.60. The smallest absolute Gasteiger partial charge is 0.125 e. The van der Waals surface area contributed by atoms with E-state index in [1.54, 1.807) is 12.1 Å². The minimum Gasteiger partial charge on any atom is -0.371 e. The molecule has 0 amide bonds. The van der Waals surface area contributed by atoms with Gasteiger partial charge in [0.25, 0.3) is 0 Å². The molecule has 3 rings (SSSR count). The first-order valence-electron chi connectivity index (χ1n) is 7.53. The minimum atomic E-state index is -0.246. The van der Waals surface area contributed by atoms with Crippen LogP contribution in [0.5, 0.6) is 0 Å². The van der Waals surface area contributed by atoms with Crippen molar-refractivity contribution in [2.45, 2.75) is 50.5 Å². The number of hydrogen-bond acceptors (Lipinski definition) is 2. The molecule has 1 aliphatic heterocycles. The van der Waals surface area contributed by atoms with E-state index in [2.05, 4.69) is 4.90 Å². The van der Waals surface area contributed by atoms with Crippen molar-refractivity contribution < 1.29 is 4.39 Å². The Bertz CT molecular complexity index is 446. The average molecular weight is 262 g/mol. The van der Waals surface area contributed by atoms with Crippen molar-refractivity contribution in [3.05, 3.63) is 29.6 Å². The molecule has 0 spiro atoms. The Balaban J connectivity index is 1.99. The van der Waals surface area contributed by atoms with Crippen molar-refractivity contribution in [3.8, 4) is 0 Å². The van der Waals surface area contributed by atoms with Crippen molar-refractivity contribution in [3.63, 3.8) is 0 Å². The maximum absolute atomic E-state index is 13.6. The second-order valence-electron chi connectivity index (χ2n) is 6.07. The van der Waals surface area contributed by atoms with E-state index >= 15 is 0 Å². The van der Waals surface area contributed by atoms with Gasteiger partial charge < -0.3 is 10.6 Å². The molecule has 1 aromatic carbocycles. The number of hydrogen-bond donors (Lipinski definition) is 1. The molecule has 1 saturated carbocycles. The van der Waals surface area contributed by atoms with E-state index in [-0.39, 0.29) is 11.4 Å². The summed E-state index contributed by atoms with van der Waals surface area (Å²) < 4.78 is 13.6. The van der Waals surface area contributed by atoms with Crippen molar-refractivity contribution in [1.29, 1.82) is 0 Å². The molecule has 0 aromatic heterocycles. The molecule has 0 bridgehead atoms. The zero-order valence-corrected chi connectivity index (χ0v) is 11.5. The Morgan fingerprint density at radius 2 is 1.68 bits per heavy atom. The van der Waals surface area contributed by atoms with Crippen LogP contribution in [0.15, 0.2) is 18.2 Å². The van der Waals surface area contributed by atoms with Crippen LogP contribution < -0.4 is 10.6 Å². The number of nitrogens with zero attached hydrogens (tertiary/aromatic N) is 1. The maximum Gasteiger partial charge on any atom is 0.125 e. The van der Waals surface area contributed by atoms with Crippen molar-refractivity contribution in [2.75, 3.05) is 18.0 Å². The summed E-state index contributed by atoms with van der Waals surface area (Å²) in [6.07, 6.45) is 8.11. The summed E-state index contributed by atoms with van der Waals surface area (Å²) in [5, 5.41) is 0. The molecule has 3 heteroatoms. The molecule has 0 unspecified atom stereocenters. The van der Waals surface area contributed by atoms with E-state index in [9.17, 15) is 4.39 Å². The lowest BCUT2D eigenvalue weighted by Crippen LogP contribution is -2.40. The lowest BCUT2D eigenvalue weighted by Gasteiger charge is -2.37. The monoisotopic (exact) mass is 262 g/mol. The van der Waals surface area contributed by atoms with Crippen molar-refractivity contribution in [1.82, 2.24) is 0 Å². The molecular formula is C16H23FN2. The standard InChI is InChI=1S/C16H23FN2/c17-13-6-7-14(16(18)8-2-1-3-9-16)15(12-13)19-10-4-5-11-19/h6-7,12H,1-5,8-11,18H2. The average Bonchev–Trinajstić information content (AvgIpc) is 2.93. The maximum atomic E-state index is 13.6. The highest BCUT2D eigenvalue weighted by atomic mass is 19.1. The number of benzene rings is 1. The molecule has 1 heterocycles. The molecule has 1 aliphatic carbocycles. The van der Waals surface area contributed by atoms with E-state index in [1.807, 2.05) is 6.07 Å². The Hall–Kier alpha value is -1.09. The first-order valence-corrected chi connectivity index (χ1v) is 7.53. The van der Waals surface area contributed by atoms with Crippen LogP contribution in [0.4, 0.5) is 10.1 Å². The molecular weight excluding hydrogens is 239 g/mol. The number of rotatable bonds is 2. The van der Waals surface area contributed by atoms with Gasteiger partial charge in [-0.05, 0) is 43.4 Å². The van der Waals surface area contributed by atoms with Gasteiger partial charge in [-0.2, -0.15) is 0 Å². The molecule has 1 saturated heterocycles. The fourth-order valence-electron chi connectivity index (χ4n) is 3.60. The normalized spacial score (nSPS) is 22.7. The van der Waals surface area contributed by atoms with E-state index < -0.39 is 0 Å². The highest BCUT2D eigenvalue weighted by Gasteiger charge is 2.33. The zero-order chi connectivity index (χ0) is 13.3. The Kier molecular flexibility index (Phi) is 3.48. The highest BCUT2D eigenvalue weighted by molar-refractivity contribution is 5.57. The highest BCUT2D eigenvalue weighted by Crippen LogP contribution is 2.40. The zero-order valence-electron chi connectivity index (χ0n) is 11.5. The summed E-state index contributed by atoms with van der Waals surface area (Å²) in [5.41, 5.74) is 8.61. The second kappa shape index (κ2) is 5.12. The summed E-state index contributed by atoms with van der Waals surface area (Å²) in [6, 6.07) is 5.18. The quantitative estimate of drug-likeness (QED) is 0.883. The summed E-state index contributed by atoms with van der Waals surface area (Å²) in [7, 11) is 0. The van der Waals surface area contributed by atoms with Gasteiger partial charge in [0, 0.05) is 24.3 Å². The lowest BCUT2D eigenvalue weighted by molar-refractivity contribution is 0.302. The van der Waals surface area contributed by atoms with Gasteiger partial charge in [-0.15, -0.1) is 0 Å². The van der Waals surface area contributed by atoms with Crippen LogP contribution in [-0.4, -0.2) is 13.1 Å². The van der Waals surface area contributed by atoms with Gasteiger partial charge in [0.2, 0.25) is 0 Å². The Labute approximate surface area is 114 Å². The molecule has 1 aromatic rings. The number of halogens is 1. The largest absolute Gasteiger partial charge is 0.371 e. The summed E-state index contributed by atoms with van der Waals surface area (Å²) >= 11 is 0. The molecule has 2 fully saturated rings. The predicted molar refractivity (Wildman–Crippen MR) is 76.8 cm³/mol. The van der Waals surface area contributed by atoms with Gasteiger partial charge in [0.05, 0.1) is 0 Å². The third-order valence-corrected chi connectivity index (χ3v) is 4.69. The predicted octanol–water partition coefficient (Wildman–Crippen LogP) is 3.54. The molecule has 104 valence electrons. The first kappa shape index (κ1) is 12.9. The summed E-state index contributed by atoms with van der Waals surface area (Å²) in [5.74, 6) is -0.148. The third-order valence-electron chi connectivity index (χ3n) is 4.69. The van der Waals surface area contributed by atoms with Crippen LogP contribution in [0.1, 0.15) is 50.5 Å². The number of anilines is 1. The van der Waals surface area contributed by atoms with Gasteiger partial charge in [-0.1, -0.05) is 25.3 Å². The Morgan fingerprint density at radius 3 is 2.37 bits per heavy atom. The SMILES string of the molecule is NC1(c2ccc(F)cc2N2CCCC2)CCCCC1. The summed E-state index contributed by atoms with van der Waals surface area (Å²) in [6.45, 7) is 2.07. The fraction of sp³-hybridized carbons (Fsp3) is 0.625. The lowest BCUT2D eigenvalue weighted by atomic mass is 9.76. The molecule has 19 heavy (non-hydrogen) atoms. The van der Waals surface area contributed by atoms with Crippen molar-refractivity contribution >= 4 is 5.69 Å². The first-order chi connectivity index (χ1) is 9.19. The Morgan fingerprint density at radius 1 is 1.00 bits per heavy atom. The topological polar surface area (TPSA) is 29.3 Å². The number of nitrogens with two attached hydrogens (primary N) is 1. The molecule has 0 radical (unpaired) electrons. The van der Waals surface area contributed by atoms with Crippen molar-refractivity contribution in [2.24, 2.45) is 5.73 Å². The van der Waals surface area contributed by atoms with Gasteiger partial charge in [0.15, 0.2) is 0 Å². The third kappa shape index (κ3) is 2.48. The van der Waals surface area contributed by atoms with Crippen LogP contribution in [0.3, 0.4) is 0 Å². The van der Waals surface area contributed by atoms with Crippen LogP contribution in [0.25, 0.3) is 0 Å². The van der Waals surface area contributed by atoms with Gasteiger partial charge in [0.1, 0.15) is 5.82 Å². The molecule has 2 nitrogen and oxygen atoms in total. The van der Waals surface area contributed by atoms with E-state index in [4.69, 9.17) is 5.73 Å². The summed E-state index contributed by atoms with van der Waals surface area (Å²) in [4.78, 5) is 2.31. The molecule has 2 aliphatic rings. The van der Waals surface area contributed by atoms with Gasteiger partial charge in [-0.3, -0.25) is 0 Å². The minimum absolute atomic E-state index is 0.148. The second-order valence-corrected chi connectivity index (χ2v) is 6.07. The van der Waals surface area contributed by atoms with Crippen LogP contribution in [0, 0.1) is 5.82 Å². The van der Waals surface area contributed by atoms with Crippen LogP contribution >= 0.6 is 0 Å². The molecule has 0 atom stereocenters. The van der Waals surface area contributed by atoms with E-state index in [0.717, 1.165) is 37.2 Å². The van der Waals surface area contributed by atoms with Gasteiger partial charge >= 0.3 is 0 Å². The van der Waals surface area contributed by atoms with E-state index in [0.29, 0.717) is 0 Å². The van der Waals surface area contributed by atoms with Crippen LogP contribution in [0.2, 0.25) is 0 Å². The van der Waals surface area contributed by atoms with E-state index in [1.165, 1.54) is 32.1 Å². The molecule has 2 N–H and O–H groups in total.